The number of nitrogens with zero attached hydrogens (tertiary/aromatic N) is 2. The molecule has 8 atom stereocenters. The SMILES string of the molecule is CN(C)CCCO/N=C/C1CC[C@@]2(O)[C@@H]3CCC4CC(O)CC[C@]4(C)[C@@H]3CC[C@]12C. The molecule has 4 fully saturated rings. The molecule has 172 valence electrons. The van der Waals surface area contributed by atoms with Crippen molar-refractivity contribution < 1.29 is 15.1 Å². The van der Waals surface area contributed by atoms with Crippen molar-refractivity contribution in [3.05, 3.63) is 0 Å². The number of hydrogen-bond acceptors (Lipinski definition) is 5. The smallest absolute Gasteiger partial charge is 0.118 e. The lowest BCUT2D eigenvalue weighted by Gasteiger charge is -2.63. The lowest BCUT2D eigenvalue weighted by molar-refractivity contribution is -0.206. The van der Waals surface area contributed by atoms with Gasteiger partial charge >= 0.3 is 0 Å². The van der Waals surface area contributed by atoms with Crippen LogP contribution in [0.3, 0.4) is 0 Å². The van der Waals surface area contributed by atoms with Crippen LogP contribution in [0.4, 0.5) is 0 Å². The standard InChI is InChI=1S/C25H44N2O3/c1-23-11-9-20(28)16-18(23)6-7-22-21(23)10-12-24(2)19(8-13-25(22,24)29)17-26-30-15-5-14-27(3)4/h17-22,28-29H,5-16H2,1-4H3/b26-17+/t18?,19?,20?,21-,22-,23+,24-,25-/m1/s1. The molecule has 0 spiro atoms. The Morgan fingerprint density at radius 1 is 1.03 bits per heavy atom. The number of aliphatic hydroxyl groups excluding tert-OH is 1. The molecule has 0 aliphatic heterocycles. The van der Waals surface area contributed by atoms with Gasteiger partial charge in [-0.15, -0.1) is 0 Å². The number of oxime groups is 1. The molecule has 4 aliphatic rings. The summed E-state index contributed by atoms with van der Waals surface area (Å²) in [7, 11) is 4.15. The summed E-state index contributed by atoms with van der Waals surface area (Å²) in [5.74, 6) is 1.92. The maximum Gasteiger partial charge on any atom is 0.118 e. The number of rotatable bonds is 6. The van der Waals surface area contributed by atoms with E-state index in [-0.39, 0.29) is 11.5 Å². The third kappa shape index (κ3) is 3.63. The van der Waals surface area contributed by atoms with E-state index in [9.17, 15) is 10.2 Å². The summed E-state index contributed by atoms with van der Waals surface area (Å²) in [6, 6.07) is 0. The van der Waals surface area contributed by atoms with E-state index in [2.05, 4.69) is 38.0 Å². The Hall–Kier alpha value is -0.650. The second-order valence-corrected chi connectivity index (χ2v) is 11.7. The predicted molar refractivity (Wildman–Crippen MR) is 120 cm³/mol. The van der Waals surface area contributed by atoms with Crippen molar-refractivity contribution in [2.45, 2.75) is 89.8 Å². The fourth-order valence-electron chi connectivity index (χ4n) is 8.10. The van der Waals surface area contributed by atoms with Crippen molar-refractivity contribution in [3.63, 3.8) is 0 Å². The van der Waals surface area contributed by atoms with Gasteiger partial charge in [-0.25, -0.2) is 0 Å². The van der Waals surface area contributed by atoms with Crippen molar-refractivity contribution in [2.75, 3.05) is 27.2 Å². The summed E-state index contributed by atoms with van der Waals surface area (Å²) in [4.78, 5) is 7.70. The maximum atomic E-state index is 12.1. The van der Waals surface area contributed by atoms with Crippen LogP contribution in [0, 0.1) is 34.5 Å². The molecule has 4 aliphatic carbocycles. The van der Waals surface area contributed by atoms with Crippen molar-refractivity contribution in [2.24, 2.45) is 39.7 Å². The normalized spacial score (nSPS) is 48.4. The van der Waals surface area contributed by atoms with E-state index >= 15 is 0 Å². The van der Waals surface area contributed by atoms with Crippen LogP contribution in [0.2, 0.25) is 0 Å². The van der Waals surface area contributed by atoms with Gasteiger partial charge in [0.05, 0.1) is 11.7 Å². The zero-order chi connectivity index (χ0) is 21.6. The van der Waals surface area contributed by atoms with Crippen LogP contribution in [0.15, 0.2) is 5.16 Å². The van der Waals surface area contributed by atoms with Crippen molar-refractivity contribution in [3.8, 4) is 0 Å². The monoisotopic (exact) mass is 420 g/mol. The van der Waals surface area contributed by atoms with Crippen LogP contribution in [-0.4, -0.2) is 60.3 Å². The van der Waals surface area contributed by atoms with Crippen LogP contribution in [0.25, 0.3) is 0 Å². The molecular weight excluding hydrogens is 376 g/mol. The molecule has 30 heavy (non-hydrogen) atoms. The zero-order valence-corrected chi connectivity index (χ0v) is 19.6. The van der Waals surface area contributed by atoms with Gasteiger partial charge in [-0.3, -0.25) is 0 Å². The van der Waals surface area contributed by atoms with Gasteiger partial charge in [0.1, 0.15) is 6.61 Å². The largest absolute Gasteiger partial charge is 0.396 e. The average molecular weight is 421 g/mol. The Bertz CT molecular complexity index is 640. The van der Waals surface area contributed by atoms with Gasteiger partial charge < -0.3 is 20.0 Å². The Morgan fingerprint density at radius 3 is 2.60 bits per heavy atom. The molecule has 0 aromatic rings. The third-order valence-electron chi connectivity index (χ3n) is 10.1. The highest BCUT2D eigenvalue weighted by atomic mass is 16.6. The van der Waals surface area contributed by atoms with E-state index in [0.29, 0.717) is 35.7 Å². The summed E-state index contributed by atoms with van der Waals surface area (Å²) < 4.78 is 0. The molecule has 0 aromatic heterocycles. The van der Waals surface area contributed by atoms with Gasteiger partial charge in [-0.2, -0.15) is 0 Å². The summed E-state index contributed by atoms with van der Waals surface area (Å²) in [6.45, 7) is 6.45. The first kappa shape index (κ1) is 22.5. The lowest BCUT2D eigenvalue weighted by atomic mass is 9.43. The molecule has 3 unspecified atom stereocenters. The second kappa shape index (κ2) is 8.37. The zero-order valence-electron chi connectivity index (χ0n) is 19.6. The first-order valence-electron chi connectivity index (χ1n) is 12.4. The van der Waals surface area contributed by atoms with Crippen LogP contribution in [-0.2, 0) is 4.84 Å². The fraction of sp³-hybridized carbons (Fsp3) is 0.960. The van der Waals surface area contributed by atoms with E-state index in [1.807, 2.05) is 6.21 Å². The average Bonchev–Trinajstić information content (AvgIpc) is 2.96. The molecule has 2 N–H and O–H groups in total. The van der Waals surface area contributed by atoms with Gasteiger partial charge in [-0.05, 0) is 101 Å². The predicted octanol–water partition coefficient (Wildman–Crippen LogP) is 4.08. The minimum Gasteiger partial charge on any atom is -0.396 e. The quantitative estimate of drug-likeness (QED) is 0.386. The maximum absolute atomic E-state index is 12.1. The molecule has 4 rings (SSSR count). The number of hydrogen-bond donors (Lipinski definition) is 2. The van der Waals surface area contributed by atoms with Crippen molar-refractivity contribution >= 4 is 6.21 Å². The highest BCUT2D eigenvalue weighted by Gasteiger charge is 2.66. The molecule has 0 heterocycles. The van der Waals surface area contributed by atoms with Crippen LogP contribution < -0.4 is 0 Å². The molecular formula is C25H44N2O3. The van der Waals surface area contributed by atoms with Crippen molar-refractivity contribution in [1.82, 2.24) is 4.90 Å². The molecule has 0 bridgehead atoms. The Kier molecular flexibility index (Phi) is 6.29. The third-order valence-corrected chi connectivity index (χ3v) is 10.1. The summed E-state index contributed by atoms with van der Waals surface area (Å²) in [5.41, 5.74) is -0.384. The number of aliphatic hydroxyl groups is 2. The fourth-order valence-corrected chi connectivity index (χ4v) is 8.10. The highest BCUT2D eigenvalue weighted by Crippen LogP contribution is 2.68. The highest BCUT2D eigenvalue weighted by molar-refractivity contribution is 5.63. The van der Waals surface area contributed by atoms with Gasteiger partial charge in [0.2, 0.25) is 0 Å². The molecule has 0 radical (unpaired) electrons. The first-order chi connectivity index (χ1) is 14.2. The molecule has 0 aromatic carbocycles. The van der Waals surface area contributed by atoms with E-state index in [1.54, 1.807) is 0 Å². The van der Waals surface area contributed by atoms with E-state index in [1.165, 1.54) is 12.8 Å². The van der Waals surface area contributed by atoms with Crippen LogP contribution in [0.5, 0.6) is 0 Å². The van der Waals surface area contributed by atoms with Gasteiger partial charge in [0.25, 0.3) is 0 Å². The van der Waals surface area contributed by atoms with Crippen LogP contribution in [0.1, 0.15) is 78.1 Å². The molecule has 5 nitrogen and oxygen atoms in total. The summed E-state index contributed by atoms with van der Waals surface area (Å²) in [5, 5.41) is 26.7. The van der Waals surface area contributed by atoms with Crippen LogP contribution >= 0.6 is 0 Å². The van der Waals surface area contributed by atoms with Gasteiger partial charge in [-0.1, -0.05) is 19.0 Å². The second-order valence-electron chi connectivity index (χ2n) is 11.7. The molecule has 5 heteroatoms. The molecule has 0 saturated heterocycles. The van der Waals surface area contributed by atoms with E-state index < -0.39 is 5.60 Å². The Balaban J connectivity index is 1.44. The Morgan fingerprint density at radius 2 is 1.83 bits per heavy atom. The van der Waals surface area contributed by atoms with E-state index in [0.717, 1.165) is 57.9 Å². The minimum absolute atomic E-state index is 0.0952. The lowest BCUT2D eigenvalue weighted by Crippen LogP contribution is -2.62. The minimum atomic E-state index is -0.582. The van der Waals surface area contributed by atoms with Crippen molar-refractivity contribution in [1.29, 1.82) is 0 Å². The number of fused-ring (bicyclic) bond motifs is 5. The summed E-state index contributed by atoms with van der Waals surface area (Å²) in [6.07, 6.45) is 12.4. The first-order valence-corrected chi connectivity index (χ1v) is 12.4. The Labute approximate surface area is 183 Å². The van der Waals surface area contributed by atoms with Gasteiger partial charge in [0, 0.05) is 24.1 Å². The summed E-state index contributed by atoms with van der Waals surface area (Å²) >= 11 is 0. The topological polar surface area (TPSA) is 65.3 Å². The van der Waals surface area contributed by atoms with Gasteiger partial charge in [0.15, 0.2) is 0 Å². The molecule has 4 saturated carbocycles. The van der Waals surface area contributed by atoms with E-state index in [4.69, 9.17) is 4.84 Å². The molecule has 0 amide bonds.